The lowest BCUT2D eigenvalue weighted by Gasteiger charge is -2.09. The number of hydrogen-bond donors (Lipinski definition) is 1. The zero-order valence-electron chi connectivity index (χ0n) is 10.3. The molecule has 1 fully saturated rings. The highest BCUT2D eigenvalue weighted by atomic mass is 15.0. The molecule has 1 aliphatic heterocycles. The average Bonchev–Trinajstić information content (AvgIpc) is 2.78. The van der Waals surface area contributed by atoms with E-state index in [9.17, 15) is 0 Å². The first-order valence-electron chi connectivity index (χ1n) is 6.79. The number of nitrogens with zero attached hydrogens (tertiary/aromatic N) is 1. The molecule has 1 aliphatic carbocycles. The quantitative estimate of drug-likeness (QED) is 0.734. The Bertz CT molecular complexity index is 388. The first-order valence-corrected chi connectivity index (χ1v) is 6.79. The van der Waals surface area contributed by atoms with Crippen LogP contribution in [0, 0.1) is 0 Å². The van der Waals surface area contributed by atoms with E-state index < -0.39 is 0 Å². The van der Waals surface area contributed by atoms with E-state index in [1.165, 1.54) is 49.1 Å². The van der Waals surface area contributed by atoms with Crippen LogP contribution in [-0.4, -0.2) is 18.4 Å². The van der Waals surface area contributed by atoms with Gasteiger partial charge < -0.3 is 5.32 Å². The molecule has 2 nitrogen and oxygen atoms in total. The van der Waals surface area contributed by atoms with Crippen molar-refractivity contribution in [1.82, 2.24) is 5.32 Å². The number of aryl methyl sites for hydroxylation is 2. The molecule has 1 aromatic rings. The molecule has 0 aromatic heterocycles. The van der Waals surface area contributed by atoms with Crippen LogP contribution in [0.15, 0.2) is 29.3 Å². The molecule has 0 spiro atoms. The molecule has 1 N–H and O–H groups in total. The van der Waals surface area contributed by atoms with Gasteiger partial charge in [-0.1, -0.05) is 24.3 Å². The molecule has 1 aromatic carbocycles. The van der Waals surface area contributed by atoms with E-state index in [-0.39, 0.29) is 0 Å². The summed E-state index contributed by atoms with van der Waals surface area (Å²) in [5, 5.41) is 3.40. The van der Waals surface area contributed by atoms with Crippen LogP contribution < -0.4 is 5.32 Å². The Hall–Kier alpha value is -1.31. The van der Waals surface area contributed by atoms with E-state index >= 15 is 0 Å². The number of benzene rings is 1. The lowest BCUT2D eigenvalue weighted by molar-refractivity contribution is 0.589. The first kappa shape index (κ1) is 10.8. The van der Waals surface area contributed by atoms with Crippen LogP contribution >= 0.6 is 0 Å². The van der Waals surface area contributed by atoms with Gasteiger partial charge in [-0.3, -0.25) is 4.99 Å². The van der Waals surface area contributed by atoms with Crippen molar-refractivity contribution in [2.24, 2.45) is 4.99 Å². The number of amidine groups is 1. The molecule has 1 heterocycles. The second-order valence-corrected chi connectivity index (χ2v) is 5.11. The summed E-state index contributed by atoms with van der Waals surface area (Å²) in [4.78, 5) is 4.88. The van der Waals surface area contributed by atoms with Gasteiger partial charge >= 0.3 is 0 Å². The van der Waals surface area contributed by atoms with Crippen molar-refractivity contribution in [1.29, 1.82) is 0 Å². The van der Waals surface area contributed by atoms with Gasteiger partial charge in [0.25, 0.3) is 0 Å². The molecule has 1 saturated heterocycles. The minimum atomic E-state index is 0.531. The van der Waals surface area contributed by atoms with E-state index in [2.05, 4.69) is 29.6 Å². The Kier molecular flexibility index (Phi) is 3.12. The van der Waals surface area contributed by atoms with Gasteiger partial charge in [0.15, 0.2) is 0 Å². The van der Waals surface area contributed by atoms with Crippen LogP contribution in [0.2, 0.25) is 0 Å². The number of hydrogen-bond acceptors (Lipinski definition) is 1. The zero-order chi connectivity index (χ0) is 11.5. The fourth-order valence-electron chi connectivity index (χ4n) is 2.87. The summed E-state index contributed by atoms with van der Waals surface area (Å²) in [5.74, 6) is 1.25. The maximum absolute atomic E-state index is 4.88. The van der Waals surface area contributed by atoms with Gasteiger partial charge in [-0.05, 0) is 43.2 Å². The minimum absolute atomic E-state index is 0.531. The average molecular weight is 228 g/mol. The van der Waals surface area contributed by atoms with Crippen molar-refractivity contribution in [3.8, 4) is 0 Å². The van der Waals surface area contributed by atoms with Crippen molar-refractivity contribution in [3.05, 3.63) is 35.4 Å². The van der Waals surface area contributed by atoms with E-state index in [1.807, 2.05) is 0 Å². The van der Waals surface area contributed by atoms with Crippen LogP contribution in [0.3, 0.4) is 0 Å². The molecule has 0 amide bonds. The number of nitrogens with one attached hydrogen (secondary N) is 1. The van der Waals surface area contributed by atoms with Crippen LogP contribution in [0.1, 0.15) is 36.8 Å². The third-order valence-electron chi connectivity index (χ3n) is 3.87. The summed E-state index contributed by atoms with van der Waals surface area (Å²) >= 11 is 0. The molecule has 0 radical (unpaired) electrons. The zero-order valence-corrected chi connectivity index (χ0v) is 10.3. The van der Waals surface area contributed by atoms with E-state index in [0.717, 1.165) is 13.0 Å². The van der Waals surface area contributed by atoms with Crippen molar-refractivity contribution in [2.75, 3.05) is 6.54 Å². The van der Waals surface area contributed by atoms with Gasteiger partial charge in [-0.25, -0.2) is 0 Å². The second kappa shape index (κ2) is 4.91. The normalized spacial score (nSPS) is 23.2. The highest BCUT2D eigenvalue weighted by molar-refractivity contribution is 5.84. The van der Waals surface area contributed by atoms with Gasteiger partial charge in [0.1, 0.15) is 0 Å². The van der Waals surface area contributed by atoms with E-state index in [1.54, 1.807) is 0 Å². The third-order valence-corrected chi connectivity index (χ3v) is 3.87. The van der Waals surface area contributed by atoms with Crippen LogP contribution in [0.5, 0.6) is 0 Å². The summed E-state index contributed by atoms with van der Waals surface area (Å²) in [6.07, 6.45) is 7.22. The molecule has 3 rings (SSSR count). The fourth-order valence-corrected chi connectivity index (χ4v) is 2.87. The number of rotatable bonds is 1. The fraction of sp³-hybridized carbons (Fsp3) is 0.533. The molecule has 2 aliphatic rings. The molecule has 2 heteroatoms. The van der Waals surface area contributed by atoms with Crippen LogP contribution in [-0.2, 0) is 12.8 Å². The molecule has 0 saturated carbocycles. The minimum Gasteiger partial charge on any atom is -0.374 e. The molecule has 0 unspecified atom stereocenters. The smallest absolute Gasteiger partial charge is 0.0967 e. The summed E-state index contributed by atoms with van der Waals surface area (Å²) < 4.78 is 0. The Morgan fingerprint density at radius 3 is 2.29 bits per heavy atom. The first-order chi connectivity index (χ1) is 8.42. The third kappa shape index (κ3) is 2.51. The highest BCUT2D eigenvalue weighted by Crippen LogP contribution is 2.22. The monoisotopic (exact) mass is 228 g/mol. The lowest BCUT2D eigenvalue weighted by atomic mass is 10.0. The van der Waals surface area contributed by atoms with Gasteiger partial charge in [0.05, 0.1) is 11.9 Å². The maximum Gasteiger partial charge on any atom is 0.0967 e. The Balaban J connectivity index is 1.70. The molecule has 90 valence electrons. The lowest BCUT2D eigenvalue weighted by Crippen LogP contribution is -2.18. The standard InChI is InChI=1S/C15H20N2/c1-2-5-13-8-10-14(9-7-12(13)4-1)17-15-6-3-11-16-15/h1-2,4-5,14H,3,6-11H2,(H,16,17). The van der Waals surface area contributed by atoms with E-state index in [4.69, 9.17) is 4.99 Å². The molecule has 17 heavy (non-hydrogen) atoms. The van der Waals surface area contributed by atoms with Crippen molar-refractivity contribution >= 4 is 5.84 Å². The van der Waals surface area contributed by atoms with Gasteiger partial charge in [-0.15, -0.1) is 0 Å². The van der Waals surface area contributed by atoms with Gasteiger partial charge in [-0.2, -0.15) is 0 Å². The molecule has 0 atom stereocenters. The summed E-state index contributed by atoms with van der Waals surface area (Å²) in [6.45, 7) is 1.12. The second-order valence-electron chi connectivity index (χ2n) is 5.11. The van der Waals surface area contributed by atoms with Crippen molar-refractivity contribution < 1.29 is 0 Å². The summed E-state index contributed by atoms with van der Waals surface area (Å²) in [6, 6.07) is 9.40. The molecular weight excluding hydrogens is 208 g/mol. The Morgan fingerprint density at radius 1 is 1.00 bits per heavy atom. The number of fused-ring (bicyclic) bond motifs is 1. The van der Waals surface area contributed by atoms with Crippen molar-refractivity contribution in [3.63, 3.8) is 0 Å². The number of aliphatic imine (C=N–C) groups is 1. The van der Waals surface area contributed by atoms with Crippen molar-refractivity contribution in [2.45, 2.75) is 44.6 Å². The van der Waals surface area contributed by atoms with Crippen LogP contribution in [0.4, 0.5) is 0 Å². The molecule has 0 bridgehead atoms. The Morgan fingerprint density at radius 2 is 1.71 bits per heavy atom. The largest absolute Gasteiger partial charge is 0.374 e. The van der Waals surface area contributed by atoms with Crippen LogP contribution in [0.25, 0.3) is 0 Å². The van der Waals surface area contributed by atoms with Gasteiger partial charge in [0, 0.05) is 13.0 Å². The maximum atomic E-state index is 4.88. The van der Waals surface area contributed by atoms with E-state index in [0.29, 0.717) is 6.04 Å². The summed E-state index contributed by atoms with van der Waals surface area (Å²) in [7, 11) is 0. The Labute approximate surface area is 103 Å². The highest BCUT2D eigenvalue weighted by Gasteiger charge is 2.16. The predicted molar refractivity (Wildman–Crippen MR) is 71.5 cm³/mol. The SMILES string of the molecule is c1ccc2c(c1)CCC(/N=C1/CCCN1)CC2. The topological polar surface area (TPSA) is 24.4 Å². The van der Waals surface area contributed by atoms with Gasteiger partial charge in [0.2, 0.25) is 0 Å². The summed E-state index contributed by atoms with van der Waals surface area (Å²) in [5.41, 5.74) is 3.07. The predicted octanol–water partition coefficient (Wildman–Crippen LogP) is 2.72. The molecular formula is C15H20N2.